The summed E-state index contributed by atoms with van der Waals surface area (Å²) in [4.78, 5) is 10.4. The van der Waals surface area contributed by atoms with Crippen molar-refractivity contribution in [1.29, 1.82) is 0 Å². The Morgan fingerprint density at radius 2 is 0.895 bits per heavy atom. The molecule has 0 aliphatic rings. The molecule has 0 N–H and O–H groups in total. The maximum Gasteiger partial charge on any atom is 0.160 e. The van der Waals surface area contributed by atoms with Crippen molar-refractivity contribution >= 4 is 65.6 Å². The molecule has 0 saturated heterocycles. The Morgan fingerprint density at radius 3 is 1.61 bits per heavy atom. The van der Waals surface area contributed by atoms with Gasteiger partial charge >= 0.3 is 0 Å². The van der Waals surface area contributed by atoms with E-state index in [2.05, 4.69) is 185 Å². The lowest BCUT2D eigenvalue weighted by molar-refractivity contribution is 0.669. The van der Waals surface area contributed by atoms with Crippen molar-refractivity contribution in [3.63, 3.8) is 0 Å². The molecule has 266 valence electrons. The number of benzene rings is 8. The Hall–Kier alpha value is -7.76. The second-order valence-electron chi connectivity index (χ2n) is 14.6. The van der Waals surface area contributed by atoms with Gasteiger partial charge in [0.25, 0.3) is 0 Å². The van der Waals surface area contributed by atoms with Gasteiger partial charge < -0.3 is 13.6 Å². The number of para-hydroxylation sites is 3. The first kappa shape index (κ1) is 31.6. The van der Waals surface area contributed by atoms with Crippen molar-refractivity contribution in [2.75, 3.05) is 0 Å². The van der Waals surface area contributed by atoms with Crippen molar-refractivity contribution in [2.24, 2.45) is 0 Å². The summed E-state index contributed by atoms with van der Waals surface area (Å²) in [6, 6.07) is 68.2. The van der Waals surface area contributed by atoms with Gasteiger partial charge in [0, 0.05) is 60.4 Å². The summed E-state index contributed by atoms with van der Waals surface area (Å²) < 4.78 is 11.3. The van der Waals surface area contributed by atoms with Gasteiger partial charge in [-0.1, -0.05) is 127 Å². The topological polar surface area (TPSA) is 48.8 Å². The first-order chi connectivity index (χ1) is 28.3. The summed E-state index contributed by atoms with van der Waals surface area (Å²) in [5.74, 6) is 0.675. The minimum Gasteiger partial charge on any atom is -0.456 e. The maximum absolute atomic E-state index is 6.54. The Morgan fingerprint density at radius 1 is 0.333 bits per heavy atom. The average molecular weight is 729 g/mol. The van der Waals surface area contributed by atoms with Crippen molar-refractivity contribution in [1.82, 2.24) is 19.1 Å². The van der Waals surface area contributed by atoms with Crippen LogP contribution in [0.2, 0.25) is 0 Å². The Kier molecular flexibility index (Phi) is 6.86. The van der Waals surface area contributed by atoms with E-state index in [0.717, 1.165) is 83.3 Å². The third-order valence-electron chi connectivity index (χ3n) is 11.3. The van der Waals surface area contributed by atoms with Gasteiger partial charge in [-0.25, -0.2) is 9.97 Å². The van der Waals surface area contributed by atoms with E-state index in [-0.39, 0.29) is 0 Å². The second kappa shape index (κ2) is 12.4. The van der Waals surface area contributed by atoms with Crippen LogP contribution in [0.25, 0.3) is 111 Å². The predicted octanol–water partition coefficient (Wildman–Crippen LogP) is 13.6. The number of nitrogens with zero attached hydrogens (tertiary/aromatic N) is 4. The van der Waals surface area contributed by atoms with Crippen molar-refractivity contribution in [3.8, 4) is 45.3 Å². The van der Waals surface area contributed by atoms with Gasteiger partial charge in [-0.3, -0.25) is 0 Å². The molecule has 4 aromatic heterocycles. The van der Waals surface area contributed by atoms with Crippen LogP contribution in [0.3, 0.4) is 0 Å². The zero-order valence-corrected chi connectivity index (χ0v) is 30.7. The summed E-state index contributed by atoms with van der Waals surface area (Å²) in [6.07, 6.45) is 0. The molecule has 12 rings (SSSR count). The van der Waals surface area contributed by atoms with E-state index in [9.17, 15) is 0 Å². The zero-order chi connectivity index (χ0) is 37.5. The molecule has 0 fully saturated rings. The summed E-state index contributed by atoms with van der Waals surface area (Å²) in [5.41, 5.74) is 13.3. The highest BCUT2D eigenvalue weighted by molar-refractivity contribution is 6.30. The molecule has 12 aromatic rings. The lowest BCUT2D eigenvalue weighted by Crippen LogP contribution is -1.98. The molecule has 0 unspecified atom stereocenters. The molecular formula is C52H32N4O. The molecule has 5 heteroatoms. The average Bonchev–Trinajstić information content (AvgIpc) is 3.93. The van der Waals surface area contributed by atoms with Gasteiger partial charge in [-0.15, -0.1) is 0 Å². The van der Waals surface area contributed by atoms with E-state index in [4.69, 9.17) is 14.4 Å². The molecule has 0 spiro atoms. The van der Waals surface area contributed by atoms with Crippen LogP contribution in [-0.4, -0.2) is 19.1 Å². The molecule has 0 radical (unpaired) electrons. The Balaban J connectivity index is 1.16. The lowest BCUT2D eigenvalue weighted by atomic mass is 10.0. The highest BCUT2D eigenvalue weighted by Gasteiger charge is 2.23. The first-order valence-corrected chi connectivity index (χ1v) is 19.2. The molecule has 0 saturated carbocycles. The van der Waals surface area contributed by atoms with Crippen LogP contribution < -0.4 is 0 Å². The van der Waals surface area contributed by atoms with Gasteiger partial charge in [0.2, 0.25) is 0 Å². The predicted molar refractivity (Wildman–Crippen MR) is 234 cm³/mol. The largest absolute Gasteiger partial charge is 0.456 e. The SMILES string of the molecule is c1ccc(-c2cc(-c3ccccc3)nc(-c3cccc(-n4c5cc6c(cc5c5c7c8ccccc8n(-c8ccccc8)c7ccc54)oc4ccccc46)c3)n2)cc1. The number of hydrogen-bond acceptors (Lipinski definition) is 3. The Labute approximate surface area is 327 Å². The molecule has 5 nitrogen and oxygen atoms in total. The van der Waals surface area contributed by atoms with Gasteiger partial charge in [0.1, 0.15) is 11.2 Å². The molecule has 0 bridgehead atoms. The third-order valence-corrected chi connectivity index (χ3v) is 11.3. The van der Waals surface area contributed by atoms with Crippen LogP contribution in [-0.2, 0) is 0 Å². The highest BCUT2D eigenvalue weighted by Crippen LogP contribution is 2.44. The smallest absolute Gasteiger partial charge is 0.160 e. The molecule has 57 heavy (non-hydrogen) atoms. The van der Waals surface area contributed by atoms with E-state index in [1.165, 1.54) is 21.7 Å². The molecule has 0 amide bonds. The van der Waals surface area contributed by atoms with Crippen LogP contribution in [0.4, 0.5) is 0 Å². The zero-order valence-electron chi connectivity index (χ0n) is 30.7. The van der Waals surface area contributed by atoms with Crippen LogP contribution in [0, 0.1) is 0 Å². The molecule has 0 atom stereocenters. The van der Waals surface area contributed by atoms with E-state index < -0.39 is 0 Å². The first-order valence-electron chi connectivity index (χ1n) is 19.2. The maximum atomic E-state index is 6.54. The normalized spacial score (nSPS) is 11.9. The lowest BCUT2D eigenvalue weighted by Gasteiger charge is -2.12. The summed E-state index contributed by atoms with van der Waals surface area (Å²) >= 11 is 0. The van der Waals surface area contributed by atoms with Crippen LogP contribution in [0.5, 0.6) is 0 Å². The van der Waals surface area contributed by atoms with E-state index in [1.807, 2.05) is 18.2 Å². The minimum atomic E-state index is 0.675. The van der Waals surface area contributed by atoms with Crippen LogP contribution >= 0.6 is 0 Å². The van der Waals surface area contributed by atoms with Gasteiger partial charge in [-0.2, -0.15) is 0 Å². The van der Waals surface area contributed by atoms with Crippen molar-refractivity contribution < 1.29 is 4.42 Å². The molecule has 4 heterocycles. The van der Waals surface area contributed by atoms with Crippen molar-refractivity contribution in [2.45, 2.75) is 0 Å². The fourth-order valence-corrected chi connectivity index (χ4v) is 8.79. The summed E-state index contributed by atoms with van der Waals surface area (Å²) in [5, 5.41) is 6.94. The fraction of sp³-hybridized carbons (Fsp3) is 0. The number of aromatic nitrogens is 4. The monoisotopic (exact) mass is 728 g/mol. The van der Waals surface area contributed by atoms with Crippen molar-refractivity contribution in [3.05, 3.63) is 194 Å². The summed E-state index contributed by atoms with van der Waals surface area (Å²) in [7, 11) is 0. The number of hydrogen-bond donors (Lipinski definition) is 0. The standard InChI is InChI=1S/C52H32N4O/c1-4-15-33(16-5-1)42-32-43(34-17-6-2-7-18-34)54-52(53-42)35-19-14-22-37(29-35)56-46-28-27-45-50(39-24-10-12-25-44(39)55(45)36-20-8-3-9-21-36)51(46)41-31-49-40(30-47(41)56)38-23-11-13-26-48(38)57-49/h1-32H. The van der Waals surface area contributed by atoms with Crippen LogP contribution in [0.15, 0.2) is 199 Å². The van der Waals surface area contributed by atoms with Crippen LogP contribution in [0.1, 0.15) is 0 Å². The number of furan rings is 1. The molecule has 8 aromatic carbocycles. The highest BCUT2D eigenvalue weighted by atomic mass is 16.3. The van der Waals surface area contributed by atoms with E-state index in [0.29, 0.717) is 5.82 Å². The number of fused-ring (bicyclic) bond motifs is 10. The van der Waals surface area contributed by atoms with Gasteiger partial charge in [0.15, 0.2) is 5.82 Å². The van der Waals surface area contributed by atoms with Gasteiger partial charge in [0.05, 0.1) is 33.5 Å². The fourth-order valence-electron chi connectivity index (χ4n) is 8.79. The Bertz CT molecular complexity index is 3450. The summed E-state index contributed by atoms with van der Waals surface area (Å²) in [6.45, 7) is 0. The number of rotatable bonds is 5. The third kappa shape index (κ3) is 4.89. The molecular weight excluding hydrogens is 697 g/mol. The molecule has 0 aliphatic heterocycles. The van der Waals surface area contributed by atoms with Gasteiger partial charge in [-0.05, 0) is 66.7 Å². The minimum absolute atomic E-state index is 0.675. The van der Waals surface area contributed by atoms with E-state index in [1.54, 1.807) is 0 Å². The molecule has 0 aliphatic carbocycles. The second-order valence-corrected chi connectivity index (χ2v) is 14.6. The van der Waals surface area contributed by atoms with E-state index >= 15 is 0 Å². The quantitative estimate of drug-likeness (QED) is 0.177.